The molecule has 18 heavy (non-hydrogen) atoms. The minimum absolute atomic E-state index is 0.0830. The topological polar surface area (TPSA) is 81.2 Å². The molecule has 1 fully saturated rings. The largest absolute Gasteiger partial charge is 0.375 e. The highest BCUT2D eigenvalue weighted by Gasteiger charge is 2.24. The molecule has 1 aromatic carbocycles. The first-order valence-electron chi connectivity index (χ1n) is 6.35. The van der Waals surface area contributed by atoms with E-state index in [-0.39, 0.29) is 22.7 Å². The third-order valence-corrected chi connectivity index (χ3v) is 3.51. The Kier molecular flexibility index (Phi) is 3.81. The number of nitrogens with zero attached hydrogens (tertiary/aromatic N) is 1. The van der Waals surface area contributed by atoms with E-state index in [1.165, 1.54) is 0 Å². The van der Waals surface area contributed by atoms with Crippen LogP contribution in [0.25, 0.3) is 0 Å². The monoisotopic (exact) mass is 249 g/mol. The summed E-state index contributed by atoms with van der Waals surface area (Å²) in [6, 6.07) is 5.47. The van der Waals surface area contributed by atoms with Gasteiger partial charge in [-0.3, -0.25) is 10.1 Å². The van der Waals surface area contributed by atoms with E-state index in [4.69, 9.17) is 5.73 Å². The van der Waals surface area contributed by atoms with Gasteiger partial charge in [-0.25, -0.2) is 0 Å². The van der Waals surface area contributed by atoms with Gasteiger partial charge in [0.05, 0.1) is 4.92 Å². The Bertz CT molecular complexity index is 448. The summed E-state index contributed by atoms with van der Waals surface area (Å²) in [5.41, 5.74) is 7.65. The standard InChI is InChI=1S/C13H19N3O2/c1-9-6-7-12(13(8-9)16(17)18)15-11-5-3-2-4-10(11)14/h6-8,10-11,15H,2-5,14H2,1H3. The van der Waals surface area contributed by atoms with Gasteiger partial charge in [0, 0.05) is 18.2 Å². The summed E-state index contributed by atoms with van der Waals surface area (Å²) in [5.74, 6) is 0. The number of aryl methyl sites for hydroxylation is 1. The molecular weight excluding hydrogens is 230 g/mol. The molecule has 5 heteroatoms. The fourth-order valence-electron chi connectivity index (χ4n) is 2.45. The molecule has 2 atom stereocenters. The average molecular weight is 249 g/mol. The van der Waals surface area contributed by atoms with Crippen molar-refractivity contribution in [1.29, 1.82) is 0 Å². The van der Waals surface area contributed by atoms with Crippen molar-refractivity contribution in [3.8, 4) is 0 Å². The Morgan fingerprint density at radius 1 is 1.39 bits per heavy atom. The number of rotatable bonds is 3. The first-order chi connectivity index (χ1) is 8.58. The van der Waals surface area contributed by atoms with Gasteiger partial charge in [0.15, 0.2) is 0 Å². The minimum atomic E-state index is -0.344. The first-order valence-corrected chi connectivity index (χ1v) is 6.35. The molecule has 3 N–H and O–H groups in total. The Hall–Kier alpha value is -1.62. The molecule has 0 aromatic heterocycles. The summed E-state index contributed by atoms with van der Waals surface area (Å²) < 4.78 is 0. The van der Waals surface area contributed by atoms with Crippen LogP contribution in [0.5, 0.6) is 0 Å². The Labute approximate surface area is 107 Å². The molecule has 1 saturated carbocycles. The van der Waals surface area contributed by atoms with Gasteiger partial charge in [0.1, 0.15) is 5.69 Å². The number of nitro benzene ring substituents is 1. The number of benzene rings is 1. The normalized spacial score (nSPS) is 23.7. The summed E-state index contributed by atoms with van der Waals surface area (Å²) in [6.45, 7) is 1.85. The molecule has 1 aliphatic carbocycles. The van der Waals surface area contributed by atoms with E-state index in [0.717, 1.165) is 31.2 Å². The molecule has 0 radical (unpaired) electrons. The van der Waals surface area contributed by atoms with Gasteiger partial charge >= 0.3 is 0 Å². The number of nitro groups is 1. The zero-order valence-electron chi connectivity index (χ0n) is 10.6. The van der Waals surface area contributed by atoms with E-state index in [1.54, 1.807) is 12.1 Å². The van der Waals surface area contributed by atoms with Crippen LogP contribution in [0.15, 0.2) is 18.2 Å². The lowest BCUT2D eigenvalue weighted by Crippen LogP contribution is -2.42. The molecule has 0 heterocycles. The van der Waals surface area contributed by atoms with E-state index in [1.807, 2.05) is 13.0 Å². The molecule has 0 saturated heterocycles. The van der Waals surface area contributed by atoms with Crippen molar-refractivity contribution in [2.75, 3.05) is 5.32 Å². The number of nitrogens with two attached hydrogens (primary N) is 1. The van der Waals surface area contributed by atoms with E-state index in [2.05, 4.69) is 5.32 Å². The SMILES string of the molecule is Cc1ccc(NC2CCCCC2N)c([N+](=O)[O-])c1. The predicted molar refractivity (Wildman–Crippen MR) is 71.7 cm³/mol. The van der Waals surface area contributed by atoms with Crippen molar-refractivity contribution >= 4 is 11.4 Å². The summed E-state index contributed by atoms with van der Waals surface area (Å²) in [4.78, 5) is 10.7. The van der Waals surface area contributed by atoms with Crippen molar-refractivity contribution in [3.05, 3.63) is 33.9 Å². The van der Waals surface area contributed by atoms with Crippen LogP contribution in [-0.2, 0) is 0 Å². The Morgan fingerprint density at radius 3 is 2.78 bits per heavy atom. The van der Waals surface area contributed by atoms with Crippen LogP contribution in [0.4, 0.5) is 11.4 Å². The number of hydrogen-bond donors (Lipinski definition) is 2. The lowest BCUT2D eigenvalue weighted by atomic mass is 9.91. The van der Waals surface area contributed by atoms with Gasteiger partial charge < -0.3 is 11.1 Å². The van der Waals surface area contributed by atoms with E-state index >= 15 is 0 Å². The second-order valence-electron chi connectivity index (χ2n) is 4.98. The third-order valence-electron chi connectivity index (χ3n) is 3.51. The first kappa shape index (κ1) is 12.8. The van der Waals surface area contributed by atoms with Crippen LogP contribution in [0.2, 0.25) is 0 Å². The van der Waals surface area contributed by atoms with E-state index in [0.29, 0.717) is 5.69 Å². The van der Waals surface area contributed by atoms with Gasteiger partial charge in [0.2, 0.25) is 0 Å². The zero-order valence-corrected chi connectivity index (χ0v) is 10.6. The highest BCUT2D eigenvalue weighted by atomic mass is 16.6. The number of nitrogens with one attached hydrogen (secondary N) is 1. The second kappa shape index (κ2) is 5.35. The lowest BCUT2D eigenvalue weighted by Gasteiger charge is -2.30. The molecule has 0 spiro atoms. The van der Waals surface area contributed by atoms with Crippen LogP contribution in [-0.4, -0.2) is 17.0 Å². The molecule has 0 amide bonds. The fraction of sp³-hybridized carbons (Fsp3) is 0.538. The molecule has 98 valence electrons. The zero-order chi connectivity index (χ0) is 13.1. The van der Waals surface area contributed by atoms with Gasteiger partial charge in [-0.2, -0.15) is 0 Å². The second-order valence-corrected chi connectivity index (χ2v) is 4.98. The van der Waals surface area contributed by atoms with Gasteiger partial charge in [-0.15, -0.1) is 0 Å². The van der Waals surface area contributed by atoms with Crippen molar-refractivity contribution in [2.24, 2.45) is 5.73 Å². The van der Waals surface area contributed by atoms with Crippen molar-refractivity contribution in [3.63, 3.8) is 0 Å². The van der Waals surface area contributed by atoms with Gasteiger partial charge in [-0.05, 0) is 31.4 Å². The van der Waals surface area contributed by atoms with E-state index < -0.39 is 0 Å². The van der Waals surface area contributed by atoms with Gasteiger partial charge in [0.25, 0.3) is 5.69 Å². The molecule has 0 aliphatic heterocycles. The maximum absolute atomic E-state index is 11.0. The van der Waals surface area contributed by atoms with Crippen molar-refractivity contribution < 1.29 is 4.92 Å². The molecule has 1 aromatic rings. The van der Waals surface area contributed by atoms with Crippen LogP contribution >= 0.6 is 0 Å². The number of hydrogen-bond acceptors (Lipinski definition) is 4. The van der Waals surface area contributed by atoms with Crippen LogP contribution in [0.1, 0.15) is 31.2 Å². The molecule has 0 bridgehead atoms. The summed E-state index contributed by atoms with van der Waals surface area (Å²) in [6.07, 6.45) is 4.24. The highest BCUT2D eigenvalue weighted by molar-refractivity contribution is 5.63. The van der Waals surface area contributed by atoms with E-state index in [9.17, 15) is 10.1 Å². The van der Waals surface area contributed by atoms with Crippen molar-refractivity contribution in [1.82, 2.24) is 0 Å². The summed E-state index contributed by atoms with van der Waals surface area (Å²) in [5, 5.41) is 14.3. The van der Waals surface area contributed by atoms with Crippen LogP contribution in [0, 0.1) is 17.0 Å². The third kappa shape index (κ3) is 2.79. The minimum Gasteiger partial charge on any atom is -0.375 e. The average Bonchev–Trinajstić information content (AvgIpc) is 2.34. The molecule has 1 aliphatic rings. The van der Waals surface area contributed by atoms with Crippen LogP contribution < -0.4 is 11.1 Å². The molecule has 2 unspecified atom stereocenters. The molecule has 5 nitrogen and oxygen atoms in total. The molecule has 2 rings (SSSR count). The Balaban J connectivity index is 2.20. The maximum Gasteiger partial charge on any atom is 0.292 e. The quantitative estimate of drug-likeness (QED) is 0.637. The fourth-order valence-corrected chi connectivity index (χ4v) is 2.45. The van der Waals surface area contributed by atoms with Crippen LogP contribution in [0.3, 0.4) is 0 Å². The smallest absolute Gasteiger partial charge is 0.292 e. The Morgan fingerprint density at radius 2 is 2.11 bits per heavy atom. The molecular formula is C13H19N3O2. The number of anilines is 1. The summed E-state index contributed by atoms with van der Waals surface area (Å²) in [7, 11) is 0. The van der Waals surface area contributed by atoms with Crippen molar-refractivity contribution in [2.45, 2.75) is 44.7 Å². The highest BCUT2D eigenvalue weighted by Crippen LogP contribution is 2.28. The van der Waals surface area contributed by atoms with Gasteiger partial charge in [-0.1, -0.05) is 18.9 Å². The predicted octanol–water partition coefficient (Wildman–Crippen LogP) is 2.59. The lowest BCUT2D eigenvalue weighted by molar-refractivity contribution is -0.384. The summed E-state index contributed by atoms with van der Waals surface area (Å²) >= 11 is 0. The maximum atomic E-state index is 11.0.